The van der Waals surface area contributed by atoms with Crippen LogP contribution < -0.4 is 0 Å². The fourth-order valence-corrected chi connectivity index (χ4v) is 4.04. The molecule has 1 N–H and O–H groups in total. The van der Waals surface area contributed by atoms with Crippen LogP contribution in [-0.2, 0) is 16.0 Å². The van der Waals surface area contributed by atoms with Crippen LogP contribution in [0.5, 0.6) is 0 Å². The van der Waals surface area contributed by atoms with Crippen molar-refractivity contribution >= 4 is 11.9 Å². The summed E-state index contributed by atoms with van der Waals surface area (Å²) in [5.41, 5.74) is 1.30. The van der Waals surface area contributed by atoms with Crippen molar-refractivity contribution in [2.45, 2.75) is 44.6 Å². The van der Waals surface area contributed by atoms with E-state index in [1.54, 1.807) is 19.2 Å². The van der Waals surface area contributed by atoms with Crippen LogP contribution in [0.3, 0.4) is 0 Å². The first-order chi connectivity index (χ1) is 12.1. The van der Waals surface area contributed by atoms with Gasteiger partial charge in [0.1, 0.15) is 0 Å². The number of aromatic carboxylic acids is 1. The van der Waals surface area contributed by atoms with Gasteiger partial charge in [-0.2, -0.15) is 0 Å². The third-order valence-corrected chi connectivity index (χ3v) is 5.81. The number of carboxylic acids is 1. The van der Waals surface area contributed by atoms with Crippen molar-refractivity contribution in [2.75, 3.05) is 20.2 Å². The van der Waals surface area contributed by atoms with Gasteiger partial charge in [0, 0.05) is 26.6 Å². The lowest BCUT2D eigenvalue weighted by molar-refractivity contribution is -0.137. The lowest BCUT2D eigenvalue weighted by Gasteiger charge is -2.38. The molecule has 1 aliphatic heterocycles. The standard InChI is InChI=1S/C20H27NO4/c1-25-18-7-6-16(18)13-19(22)21-10-8-14(9-11-21)12-15-4-2-3-5-17(15)20(23)24/h2-5,14,16,18H,6-13H2,1H3,(H,23,24). The summed E-state index contributed by atoms with van der Waals surface area (Å²) in [6, 6.07) is 7.23. The topological polar surface area (TPSA) is 66.8 Å². The molecule has 25 heavy (non-hydrogen) atoms. The summed E-state index contributed by atoms with van der Waals surface area (Å²) < 4.78 is 5.38. The molecule has 5 heteroatoms. The van der Waals surface area contributed by atoms with Gasteiger partial charge in [0.2, 0.25) is 5.91 Å². The molecule has 1 aromatic carbocycles. The van der Waals surface area contributed by atoms with Crippen molar-refractivity contribution in [3.05, 3.63) is 35.4 Å². The highest BCUT2D eigenvalue weighted by Gasteiger charge is 2.34. The molecule has 1 saturated heterocycles. The summed E-state index contributed by atoms with van der Waals surface area (Å²) in [6.07, 6.45) is 5.68. The maximum absolute atomic E-state index is 12.5. The van der Waals surface area contributed by atoms with Gasteiger partial charge in [-0.25, -0.2) is 4.79 Å². The van der Waals surface area contributed by atoms with Crippen molar-refractivity contribution < 1.29 is 19.4 Å². The summed E-state index contributed by atoms with van der Waals surface area (Å²) in [5, 5.41) is 9.30. The van der Waals surface area contributed by atoms with Crippen LogP contribution in [0.2, 0.25) is 0 Å². The Hall–Kier alpha value is -1.88. The van der Waals surface area contributed by atoms with E-state index in [0.717, 1.165) is 50.8 Å². The van der Waals surface area contributed by atoms with Crippen LogP contribution in [0.1, 0.15) is 48.0 Å². The number of hydrogen-bond acceptors (Lipinski definition) is 3. The monoisotopic (exact) mass is 345 g/mol. The number of piperidine rings is 1. The van der Waals surface area contributed by atoms with E-state index in [1.165, 1.54) is 0 Å². The Kier molecular flexibility index (Phi) is 5.74. The number of carbonyl (C=O) groups excluding carboxylic acids is 1. The van der Waals surface area contributed by atoms with Crippen molar-refractivity contribution in [3.63, 3.8) is 0 Å². The molecule has 5 nitrogen and oxygen atoms in total. The van der Waals surface area contributed by atoms with E-state index in [2.05, 4.69) is 0 Å². The number of carboxylic acid groups (broad SMARTS) is 1. The van der Waals surface area contributed by atoms with Gasteiger partial charge in [-0.05, 0) is 55.6 Å². The van der Waals surface area contributed by atoms with E-state index in [-0.39, 0.29) is 12.0 Å². The Morgan fingerprint density at radius 3 is 2.48 bits per heavy atom. The predicted molar refractivity (Wildman–Crippen MR) is 94.5 cm³/mol. The second-order valence-electron chi connectivity index (χ2n) is 7.31. The third kappa shape index (κ3) is 4.21. The molecule has 0 radical (unpaired) electrons. The van der Waals surface area contributed by atoms with Crippen LogP contribution in [0.4, 0.5) is 0 Å². The number of carbonyl (C=O) groups is 2. The van der Waals surface area contributed by atoms with E-state index in [9.17, 15) is 14.7 Å². The summed E-state index contributed by atoms with van der Waals surface area (Å²) in [7, 11) is 1.72. The lowest BCUT2D eigenvalue weighted by atomic mass is 9.79. The van der Waals surface area contributed by atoms with Gasteiger partial charge in [0.25, 0.3) is 0 Å². The Labute approximate surface area is 149 Å². The van der Waals surface area contributed by atoms with Crippen LogP contribution in [0.25, 0.3) is 0 Å². The zero-order valence-corrected chi connectivity index (χ0v) is 14.8. The molecule has 1 amide bonds. The quantitative estimate of drug-likeness (QED) is 0.861. The number of methoxy groups -OCH3 is 1. The number of amides is 1. The SMILES string of the molecule is COC1CCC1CC(=O)N1CCC(Cc2ccccc2C(=O)O)CC1. The Morgan fingerprint density at radius 1 is 1.16 bits per heavy atom. The number of hydrogen-bond donors (Lipinski definition) is 1. The van der Waals surface area contributed by atoms with Gasteiger partial charge < -0.3 is 14.7 Å². The molecule has 2 aliphatic rings. The zero-order valence-electron chi connectivity index (χ0n) is 14.8. The first-order valence-electron chi connectivity index (χ1n) is 9.20. The molecule has 1 heterocycles. The molecule has 0 spiro atoms. The van der Waals surface area contributed by atoms with E-state index in [1.807, 2.05) is 17.0 Å². The number of nitrogens with zero attached hydrogens (tertiary/aromatic N) is 1. The fraction of sp³-hybridized carbons (Fsp3) is 0.600. The molecular formula is C20H27NO4. The average Bonchev–Trinajstić information content (AvgIpc) is 2.60. The molecule has 1 saturated carbocycles. The molecule has 2 unspecified atom stereocenters. The highest BCUT2D eigenvalue weighted by Crippen LogP contribution is 2.33. The largest absolute Gasteiger partial charge is 0.478 e. The van der Waals surface area contributed by atoms with Crippen molar-refractivity contribution in [3.8, 4) is 0 Å². The van der Waals surface area contributed by atoms with E-state index >= 15 is 0 Å². The van der Waals surface area contributed by atoms with Crippen LogP contribution >= 0.6 is 0 Å². The van der Waals surface area contributed by atoms with Gasteiger partial charge in [0.15, 0.2) is 0 Å². The molecule has 1 aromatic rings. The van der Waals surface area contributed by atoms with E-state index in [0.29, 0.717) is 23.8 Å². The zero-order chi connectivity index (χ0) is 17.8. The van der Waals surface area contributed by atoms with Gasteiger partial charge in [-0.1, -0.05) is 18.2 Å². The minimum absolute atomic E-state index is 0.246. The van der Waals surface area contributed by atoms with E-state index in [4.69, 9.17) is 4.74 Å². The Morgan fingerprint density at radius 2 is 1.88 bits per heavy atom. The van der Waals surface area contributed by atoms with Crippen molar-refractivity contribution in [2.24, 2.45) is 11.8 Å². The first kappa shape index (κ1) is 17.9. The third-order valence-electron chi connectivity index (χ3n) is 5.81. The smallest absolute Gasteiger partial charge is 0.335 e. The molecule has 136 valence electrons. The minimum Gasteiger partial charge on any atom is -0.478 e. The number of likely N-dealkylation sites (tertiary alicyclic amines) is 1. The van der Waals surface area contributed by atoms with E-state index < -0.39 is 5.97 Å². The van der Waals surface area contributed by atoms with Crippen molar-refractivity contribution in [1.29, 1.82) is 0 Å². The second kappa shape index (κ2) is 8.00. The first-order valence-corrected chi connectivity index (χ1v) is 9.20. The number of ether oxygens (including phenoxy) is 1. The molecule has 2 fully saturated rings. The second-order valence-corrected chi connectivity index (χ2v) is 7.31. The summed E-state index contributed by atoms with van der Waals surface area (Å²) in [6.45, 7) is 1.56. The molecule has 3 rings (SSSR count). The molecular weight excluding hydrogens is 318 g/mol. The van der Waals surface area contributed by atoms with Crippen LogP contribution in [0, 0.1) is 11.8 Å². The molecule has 2 atom stereocenters. The van der Waals surface area contributed by atoms with Gasteiger partial charge in [0.05, 0.1) is 11.7 Å². The lowest BCUT2D eigenvalue weighted by Crippen LogP contribution is -2.43. The maximum atomic E-state index is 12.5. The fourth-order valence-electron chi connectivity index (χ4n) is 4.04. The molecule has 1 aliphatic carbocycles. The van der Waals surface area contributed by atoms with Crippen LogP contribution in [-0.4, -0.2) is 48.2 Å². The van der Waals surface area contributed by atoms with Crippen molar-refractivity contribution in [1.82, 2.24) is 4.90 Å². The maximum Gasteiger partial charge on any atom is 0.335 e. The predicted octanol–water partition coefficient (Wildman–Crippen LogP) is 2.98. The Balaban J connectivity index is 1.49. The van der Waals surface area contributed by atoms with Gasteiger partial charge >= 0.3 is 5.97 Å². The number of benzene rings is 1. The Bertz CT molecular complexity index is 620. The summed E-state index contributed by atoms with van der Waals surface area (Å²) in [5.74, 6) is 0.213. The minimum atomic E-state index is -0.864. The molecule has 0 aromatic heterocycles. The van der Waals surface area contributed by atoms with Gasteiger partial charge in [-0.15, -0.1) is 0 Å². The summed E-state index contributed by atoms with van der Waals surface area (Å²) in [4.78, 5) is 25.8. The van der Waals surface area contributed by atoms with Gasteiger partial charge in [-0.3, -0.25) is 4.79 Å². The average molecular weight is 345 g/mol. The van der Waals surface area contributed by atoms with Crippen LogP contribution in [0.15, 0.2) is 24.3 Å². The number of rotatable bonds is 6. The highest BCUT2D eigenvalue weighted by molar-refractivity contribution is 5.89. The summed E-state index contributed by atoms with van der Waals surface area (Å²) >= 11 is 0. The molecule has 0 bridgehead atoms. The highest BCUT2D eigenvalue weighted by atomic mass is 16.5. The normalized spacial score (nSPS) is 24.0.